The number of carbonyl (C=O) groups is 1. The SMILES string of the molecule is COCc1cc(=O)c(O)c([C@@H](CC(=O)OC)c2ccc3nccnc3c2)o1. The second kappa shape index (κ2) is 7.96. The molecule has 2 heterocycles. The number of fused-ring (bicyclic) bond motifs is 1. The van der Waals surface area contributed by atoms with Gasteiger partial charge in [0.2, 0.25) is 11.2 Å². The quantitative estimate of drug-likeness (QED) is 0.657. The lowest BCUT2D eigenvalue weighted by atomic mass is 9.91. The summed E-state index contributed by atoms with van der Waals surface area (Å²) in [7, 11) is 2.73. The van der Waals surface area contributed by atoms with Crippen LogP contribution in [0.3, 0.4) is 0 Å². The molecule has 0 spiro atoms. The number of ether oxygens (including phenoxy) is 2. The predicted octanol–water partition coefficient (Wildman–Crippen LogP) is 2.13. The number of nitrogens with zero attached hydrogens (tertiary/aromatic N) is 2. The minimum Gasteiger partial charge on any atom is -0.502 e. The van der Waals surface area contributed by atoms with Crippen LogP contribution in [0, 0.1) is 0 Å². The Morgan fingerprint density at radius 3 is 2.63 bits per heavy atom. The largest absolute Gasteiger partial charge is 0.502 e. The van der Waals surface area contributed by atoms with E-state index in [2.05, 4.69) is 9.97 Å². The summed E-state index contributed by atoms with van der Waals surface area (Å²) < 4.78 is 15.4. The molecule has 0 unspecified atom stereocenters. The molecule has 2 aromatic heterocycles. The van der Waals surface area contributed by atoms with Gasteiger partial charge in [-0.15, -0.1) is 0 Å². The molecule has 1 N–H and O–H groups in total. The minimum atomic E-state index is -0.742. The fraction of sp³-hybridized carbons (Fsp3) is 0.263. The maximum atomic E-state index is 12.1. The molecule has 0 saturated carbocycles. The molecular weight excluding hydrogens is 352 g/mol. The molecule has 140 valence electrons. The first kappa shape index (κ1) is 18.5. The predicted molar refractivity (Wildman–Crippen MR) is 95.4 cm³/mol. The number of methoxy groups -OCH3 is 2. The Bertz CT molecular complexity index is 1030. The molecule has 0 aliphatic heterocycles. The molecule has 8 nitrogen and oxygen atoms in total. The molecular formula is C19H18N2O6. The molecule has 1 atom stereocenters. The summed E-state index contributed by atoms with van der Waals surface area (Å²) in [5, 5.41) is 10.3. The Morgan fingerprint density at radius 1 is 1.19 bits per heavy atom. The zero-order valence-electron chi connectivity index (χ0n) is 14.8. The van der Waals surface area contributed by atoms with Crippen molar-refractivity contribution in [3.63, 3.8) is 0 Å². The molecule has 1 aromatic carbocycles. The molecule has 3 aromatic rings. The minimum absolute atomic E-state index is 0.0248. The van der Waals surface area contributed by atoms with Gasteiger partial charge in [-0.2, -0.15) is 0 Å². The van der Waals surface area contributed by atoms with Crippen molar-refractivity contribution in [2.24, 2.45) is 0 Å². The van der Waals surface area contributed by atoms with E-state index < -0.39 is 23.1 Å². The Balaban J connectivity index is 2.16. The lowest BCUT2D eigenvalue weighted by Crippen LogP contribution is -2.14. The summed E-state index contributed by atoms with van der Waals surface area (Å²) in [6, 6.07) is 6.38. The van der Waals surface area contributed by atoms with Crippen molar-refractivity contribution >= 4 is 17.0 Å². The second-order valence-electron chi connectivity index (χ2n) is 5.86. The van der Waals surface area contributed by atoms with Crippen molar-refractivity contribution < 1.29 is 23.8 Å². The van der Waals surface area contributed by atoms with Gasteiger partial charge in [-0.25, -0.2) is 0 Å². The van der Waals surface area contributed by atoms with Crippen LogP contribution < -0.4 is 5.43 Å². The number of esters is 1. The van der Waals surface area contributed by atoms with Crippen LogP contribution in [0.4, 0.5) is 0 Å². The molecule has 0 radical (unpaired) electrons. The van der Waals surface area contributed by atoms with Crippen LogP contribution in [0.25, 0.3) is 11.0 Å². The first-order valence-electron chi connectivity index (χ1n) is 8.15. The Morgan fingerprint density at radius 2 is 1.93 bits per heavy atom. The lowest BCUT2D eigenvalue weighted by molar-refractivity contribution is -0.140. The number of carbonyl (C=O) groups excluding carboxylic acids is 1. The zero-order valence-corrected chi connectivity index (χ0v) is 14.8. The average Bonchev–Trinajstić information content (AvgIpc) is 2.68. The average molecular weight is 370 g/mol. The number of hydrogen-bond donors (Lipinski definition) is 1. The van der Waals surface area contributed by atoms with Gasteiger partial charge < -0.3 is 19.0 Å². The molecule has 0 saturated heterocycles. The van der Waals surface area contributed by atoms with E-state index in [1.807, 2.05) is 0 Å². The van der Waals surface area contributed by atoms with E-state index in [0.29, 0.717) is 16.6 Å². The number of rotatable bonds is 6. The summed E-state index contributed by atoms with van der Waals surface area (Å²) >= 11 is 0. The van der Waals surface area contributed by atoms with E-state index in [1.165, 1.54) is 14.2 Å². The number of aromatic nitrogens is 2. The summed E-state index contributed by atoms with van der Waals surface area (Å²) in [5.74, 6) is -1.59. The molecule has 0 amide bonds. The van der Waals surface area contributed by atoms with Crippen LogP contribution in [0.5, 0.6) is 5.75 Å². The van der Waals surface area contributed by atoms with Crippen LogP contribution in [0.2, 0.25) is 0 Å². The van der Waals surface area contributed by atoms with Gasteiger partial charge in [-0.05, 0) is 17.7 Å². The highest BCUT2D eigenvalue weighted by Gasteiger charge is 2.27. The summed E-state index contributed by atoms with van der Waals surface area (Å²) in [4.78, 5) is 32.6. The van der Waals surface area contributed by atoms with Crippen LogP contribution in [-0.4, -0.2) is 35.3 Å². The highest BCUT2D eigenvalue weighted by molar-refractivity contribution is 5.76. The third-order valence-electron chi connectivity index (χ3n) is 4.10. The highest BCUT2D eigenvalue weighted by Crippen LogP contribution is 2.34. The molecule has 0 aliphatic carbocycles. The van der Waals surface area contributed by atoms with E-state index in [-0.39, 0.29) is 24.5 Å². The van der Waals surface area contributed by atoms with Gasteiger partial charge in [0.1, 0.15) is 12.4 Å². The Kier molecular flexibility index (Phi) is 5.46. The van der Waals surface area contributed by atoms with Gasteiger partial charge in [-0.1, -0.05) is 6.07 Å². The number of aromatic hydroxyl groups is 1. The molecule has 3 rings (SSSR count). The molecule has 8 heteroatoms. The van der Waals surface area contributed by atoms with E-state index in [4.69, 9.17) is 13.9 Å². The van der Waals surface area contributed by atoms with Gasteiger partial charge in [0.05, 0.1) is 30.5 Å². The third-order valence-corrected chi connectivity index (χ3v) is 4.10. The van der Waals surface area contributed by atoms with Crippen LogP contribution in [-0.2, 0) is 20.9 Å². The molecule has 0 bridgehead atoms. The molecule has 27 heavy (non-hydrogen) atoms. The fourth-order valence-electron chi connectivity index (χ4n) is 2.81. The maximum Gasteiger partial charge on any atom is 0.306 e. The molecule has 0 fully saturated rings. The van der Waals surface area contributed by atoms with E-state index in [1.54, 1.807) is 30.6 Å². The van der Waals surface area contributed by atoms with Crippen LogP contribution >= 0.6 is 0 Å². The van der Waals surface area contributed by atoms with Gasteiger partial charge >= 0.3 is 5.97 Å². The topological polar surface area (TPSA) is 112 Å². The van der Waals surface area contributed by atoms with Gasteiger partial charge in [0.25, 0.3) is 0 Å². The van der Waals surface area contributed by atoms with Crippen molar-refractivity contribution in [1.29, 1.82) is 0 Å². The number of hydrogen-bond acceptors (Lipinski definition) is 8. The van der Waals surface area contributed by atoms with Crippen LogP contribution in [0.15, 0.2) is 45.9 Å². The maximum absolute atomic E-state index is 12.1. The van der Waals surface area contributed by atoms with Crippen molar-refractivity contribution in [1.82, 2.24) is 9.97 Å². The monoisotopic (exact) mass is 370 g/mol. The first-order valence-corrected chi connectivity index (χ1v) is 8.15. The van der Waals surface area contributed by atoms with E-state index >= 15 is 0 Å². The van der Waals surface area contributed by atoms with Gasteiger partial charge in [0.15, 0.2) is 5.76 Å². The van der Waals surface area contributed by atoms with Crippen molar-refractivity contribution in [3.05, 3.63) is 64.0 Å². The summed E-state index contributed by atoms with van der Waals surface area (Å²) in [6.07, 6.45) is 3.00. The van der Waals surface area contributed by atoms with Crippen molar-refractivity contribution in [3.8, 4) is 5.75 Å². The lowest BCUT2D eigenvalue weighted by Gasteiger charge is -2.17. The summed E-state index contributed by atoms with van der Waals surface area (Å²) in [5.41, 5.74) is 1.30. The van der Waals surface area contributed by atoms with E-state index in [9.17, 15) is 14.7 Å². The third kappa shape index (κ3) is 3.95. The zero-order chi connectivity index (χ0) is 19.4. The smallest absolute Gasteiger partial charge is 0.306 e. The highest BCUT2D eigenvalue weighted by atomic mass is 16.5. The Labute approximate surface area is 154 Å². The molecule has 0 aliphatic rings. The van der Waals surface area contributed by atoms with Crippen molar-refractivity contribution in [2.75, 3.05) is 14.2 Å². The van der Waals surface area contributed by atoms with Gasteiger partial charge in [-0.3, -0.25) is 19.6 Å². The first-order chi connectivity index (χ1) is 13.0. The second-order valence-corrected chi connectivity index (χ2v) is 5.86. The Hall–Kier alpha value is -3.26. The van der Waals surface area contributed by atoms with Crippen molar-refractivity contribution in [2.45, 2.75) is 18.9 Å². The normalized spacial score (nSPS) is 12.1. The standard InChI is InChI=1S/C19H18N2O6/c1-25-10-12-8-16(22)18(24)19(27-12)13(9-17(23)26-2)11-3-4-14-15(7-11)21-6-5-20-14/h3-8,13,24H,9-10H2,1-2H3/t13-/m0/s1. The number of benzene rings is 1. The van der Waals surface area contributed by atoms with Gasteiger partial charge in [0, 0.05) is 25.6 Å². The fourth-order valence-corrected chi connectivity index (χ4v) is 2.81. The van der Waals surface area contributed by atoms with E-state index in [0.717, 1.165) is 6.07 Å². The summed E-state index contributed by atoms with van der Waals surface area (Å²) in [6.45, 7) is 0.0522. The van der Waals surface area contributed by atoms with Crippen LogP contribution in [0.1, 0.15) is 29.4 Å².